The van der Waals surface area contributed by atoms with Crippen LogP contribution in [0.15, 0.2) is 48.8 Å². The zero-order valence-corrected chi connectivity index (χ0v) is 10.6. The number of nitrogens with one attached hydrogen (secondary N) is 1. The summed E-state index contributed by atoms with van der Waals surface area (Å²) in [5, 5.41) is 0. The first-order valence-electron chi connectivity index (χ1n) is 6.21. The molecular formula is C15H19N3. The molecule has 3 nitrogen and oxygen atoms in total. The number of aromatic nitrogens is 1. The Hall–Kier alpha value is -1.71. The number of nitrogens with two attached hydrogens (primary N) is 1. The summed E-state index contributed by atoms with van der Waals surface area (Å²) in [6.45, 7) is 2.04. The average Bonchev–Trinajstić information content (AvgIpc) is 2.41. The minimum atomic E-state index is 0.151. The molecule has 2 rings (SSSR count). The second-order valence-electron chi connectivity index (χ2n) is 4.54. The van der Waals surface area contributed by atoms with Gasteiger partial charge in [0, 0.05) is 18.4 Å². The van der Waals surface area contributed by atoms with Gasteiger partial charge >= 0.3 is 0 Å². The van der Waals surface area contributed by atoms with Crippen LogP contribution in [0.25, 0.3) is 0 Å². The van der Waals surface area contributed by atoms with E-state index in [2.05, 4.69) is 40.7 Å². The molecule has 0 saturated carbocycles. The van der Waals surface area contributed by atoms with Crippen molar-refractivity contribution in [3.63, 3.8) is 0 Å². The lowest BCUT2D eigenvalue weighted by atomic mass is 10.00. The molecule has 3 N–H and O–H groups in total. The van der Waals surface area contributed by atoms with Crippen molar-refractivity contribution in [1.82, 2.24) is 10.4 Å². The highest BCUT2D eigenvalue weighted by atomic mass is 15.2. The maximum atomic E-state index is 5.64. The summed E-state index contributed by atoms with van der Waals surface area (Å²) in [5.41, 5.74) is 6.51. The van der Waals surface area contributed by atoms with Crippen molar-refractivity contribution in [2.24, 2.45) is 5.84 Å². The smallest absolute Gasteiger partial charge is 0.0478 e. The molecule has 1 unspecified atom stereocenters. The predicted octanol–water partition coefficient (Wildman–Crippen LogP) is 2.53. The Morgan fingerprint density at radius 3 is 2.67 bits per heavy atom. The number of rotatable bonds is 5. The Labute approximate surface area is 108 Å². The molecule has 0 spiro atoms. The van der Waals surface area contributed by atoms with Crippen molar-refractivity contribution in [2.45, 2.75) is 25.8 Å². The van der Waals surface area contributed by atoms with Gasteiger partial charge in [-0.3, -0.25) is 16.3 Å². The first-order valence-corrected chi connectivity index (χ1v) is 6.21. The molecule has 2 aromatic rings. The van der Waals surface area contributed by atoms with Crippen LogP contribution in [0.4, 0.5) is 0 Å². The molecule has 1 aromatic heterocycles. The first-order chi connectivity index (χ1) is 8.79. The molecule has 0 aliphatic rings. The van der Waals surface area contributed by atoms with Crippen molar-refractivity contribution in [3.05, 3.63) is 65.5 Å². The van der Waals surface area contributed by atoms with Crippen molar-refractivity contribution in [2.75, 3.05) is 0 Å². The van der Waals surface area contributed by atoms with Gasteiger partial charge in [-0.2, -0.15) is 0 Å². The SMILES string of the molecule is Cc1cncc(C(CCc2ccccc2)NN)c1. The maximum absolute atomic E-state index is 5.64. The van der Waals surface area contributed by atoms with E-state index in [1.807, 2.05) is 25.4 Å². The molecular weight excluding hydrogens is 222 g/mol. The Balaban J connectivity index is 2.02. The van der Waals surface area contributed by atoms with Crippen LogP contribution in [0.3, 0.4) is 0 Å². The van der Waals surface area contributed by atoms with E-state index in [-0.39, 0.29) is 6.04 Å². The van der Waals surface area contributed by atoms with Crippen LogP contribution in [-0.4, -0.2) is 4.98 Å². The quantitative estimate of drug-likeness (QED) is 0.624. The Morgan fingerprint density at radius 2 is 2.00 bits per heavy atom. The number of hydrogen-bond donors (Lipinski definition) is 2. The van der Waals surface area contributed by atoms with Gasteiger partial charge in [-0.1, -0.05) is 36.4 Å². The molecule has 1 aromatic carbocycles. The Morgan fingerprint density at radius 1 is 1.22 bits per heavy atom. The van der Waals surface area contributed by atoms with Crippen LogP contribution in [0.5, 0.6) is 0 Å². The molecule has 3 heteroatoms. The van der Waals surface area contributed by atoms with Crippen molar-refractivity contribution < 1.29 is 0 Å². The van der Waals surface area contributed by atoms with Gasteiger partial charge in [-0.25, -0.2) is 0 Å². The molecule has 94 valence electrons. The number of aryl methyl sites for hydroxylation is 2. The lowest BCUT2D eigenvalue weighted by Gasteiger charge is -2.16. The third kappa shape index (κ3) is 3.39. The lowest BCUT2D eigenvalue weighted by Crippen LogP contribution is -2.28. The number of nitrogens with zero attached hydrogens (tertiary/aromatic N) is 1. The standard InChI is InChI=1S/C15H19N3/c1-12-9-14(11-17-10-12)15(18-16)8-7-13-5-3-2-4-6-13/h2-6,9-11,15,18H,7-8,16H2,1H3. The van der Waals surface area contributed by atoms with Gasteiger partial charge in [-0.05, 0) is 36.5 Å². The highest BCUT2D eigenvalue weighted by Crippen LogP contribution is 2.18. The highest BCUT2D eigenvalue weighted by molar-refractivity contribution is 5.21. The van der Waals surface area contributed by atoms with Gasteiger partial charge in [0.1, 0.15) is 0 Å². The lowest BCUT2D eigenvalue weighted by molar-refractivity contribution is 0.514. The molecule has 0 amide bonds. The summed E-state index contributed by atoms with van der Waals surface area (Å²) >= 11 is 0. The van der Waals surface area contributed by atoms with Gasteiger partial charge in [0.2, 0.25) is 0 Å². The summed E-state index contributed by atoms with van der Waals surface area (Å²) in [4.78, 5) is 4.21. The number of benzene rings is 1. The molecule has 0 radical (unpaired) electrons. The highest BCUT2D eigenvalue weighted by Gasteiger charge is 2.10. The third-order valence-corrected chi connectivity index (χ3v) is 3.06. The van der Waals surface area contributed by atoms with Crippen molar-refractivity contribution in [3.8, 4) is 0 Å². The van der Waals surface area contributed by atoms with Crippen LogP contribution >= 0.6 is 0 Å². The summed E-state index contributed by atoms with van der Waals surface area (Å²) in [6.07, 6.45) is 5.70. The number of pyridine rings is 1. The fourth-order valence-electron chi connectivity index (χ4n) is 2.07. The van der Waals surface area contributed by atoms with Gasteiger partial charge in [-0.15, -0.1) is 0 Å². The van der Waals surface area contributed by atoms with E-state index < -0.39 is 0 Å². The van der Waals surface area contributed by atoms with Gasteiger partial charge in [0.15, 0.2) is 0 Å². The second kappa shape index (κ2) is 6.28. The zero-order chi connectivity index (χ0) is 12.8. The fraction of sp³-hybridized carbons (Fsp3) is 0.267. The van der Waals surface area contributed by atoms with Crippen LogP contribution in [0.2, 0.25) is 0 Å². The summed E-state index contributed by atoms with van der Waals surface area (Å²) in [5.74, 6) is 5.64. The van der Waals surface area contributed by atoms with E-state index in [4.69, 9.17) is 5.84 Å². The Kier molecular flexibility index (Phi) is 4.45. The fourth-order valence-corrected chi connectivity index (χ4v) is 2.07. The minimum Gasteiger partial charge on any atom is -0.271 e. The monoisotopic (exact) mass is 241 g/mol. The normalized spacial score (nSPS) is 12.3. The summed E-state index contributed by atoms with van der Waals surface area (Å²) in [7, 11) is 0. The van der Waals surface area contributed by atoms with Crippen LogP contribution in [0.1, 0.15) is 29.2 Å². The van der Waals surface area contributed by atoms with Crippen LogP contribution < -0.4 is 11.3 Å². The van der Waals surface area contributed by atoms with Crippen molar-refractivity contribution in [1.29, 1.82) is 0 Å². The molecule has 0 aliphatic heterocycles. The third-order valence-electron chi connectivity index (χ3n) is 3.06. The first kappa shape index (κ1) is 12.7. The van der Waals surface area contributed by atoms with E-state index in [1.54, 1.807) is 0 Å². The largest absolute Gasteiger partial charge is 0.271 e. The van der Waals surface area contributed by atoms with E-state index in [9.17, 15) is 0 Å². The van der Waals surface area contributed by atoms with Crippen LogP contribution in [0, 0.1) is 6.92 Å². The molecule has 1 atom stereocenters. The van der Waals surface area contributed by atoms with Gasteiger partial charge < -0.3 is 0 Å². The summed E-state index contributed by atoms with van der Waals surface area (Å²) in [6, 6.07) is 12.7. The number of hydrogen-bond acceptors (Lipinski definition) is 3. The average molecular weight is 241 g/mol. The second-order valence-corrected chi connectivity index (χ2v) is 4.54. The maximum Gasteiger partial charge on any atom is 0.0478 e. The molecule has 0 fully saturated rings. The number of hydrazine groups is 1. The van der Waals surface area contributed by atoms with E-state index in [0.717, 1.165) is 24.0 Å². The molecule has 18 heavy (non-hydrogen) atoms. The molecule has 0 saturated heterocycles. The summed E-state index contributed by atoms with van der Waals surface area (Å²) < 4.78 is 0. The van der Waals surface area contributed by atoms with Gasteiger partial charge in [0.05, 0.1) is 0 Å². The molecule has 0 aliphatic carbocycles. The van der Waals surface area contributed by atoms with Crippen molar-refractivity contribution >= 4 is 0 Å². The van der Waals surface area contributed by atoms with E-state index >= 15 is 0 Å². The van der Waals surface area contributed by atoms with Gasteiger partial charge in [0.25, 0.3) is 0 Å². The Bertz CT molecular complexity index is 482. The van der Waals surface area contributed by atoms with E-state index in [0.29, 0.717) is 0 Å². The minimum absolute atomic E-state index is 0.151. The van der Waals surface area contributed by atoms with Crippen LogP contribution in [-0.2, 0) is 6.42 Å². The topological polar surface area (TPSA) is 50.9 Å². The van der Waals surface area contributed by atoms with E-state index in [1.165, 1.54) is 5.56 Å². The predicted molar refractivity (Wildman–Crippen MR) is 73.8 cm³/mol. The molecule has 0 bridgehead atoms. The molecule has 1 heterocycles. The zero-order valence-electron chi connectivity index (χ0n) is 10.6.